The molecule has 0 aromatic heterocycles. The van der Waals surface area contributed by atoms with Gasteiger partial charge >= 0.3 is 0 Å². The van der Waals surface area contributed by atoms with E-state index in [0.29, 0.717) is 16.9 Å². The Kier molecular flexibility index (Phi) is 4.80. The van der Waals surface area contributed by atoms with E-state index in [1.54, 1.807) is 24.3 Å². The molecule has 0 saturated heterocycles. The van der Waals surface area contributed by atoms with Crippen molar-refractivity contribution in [3.63, 3.8) is 0 Å². The monoisotopic (exact) mass is 332 g/mol. The zero-order chi connectivity index (χ0) is 17.8. The van der Waals surface area contributed by atoms with Gasteiger partial charge in [0.25, 0.3) is 5.91 Å². The Morgan fingerprint density at radius 2 is 1.36 bits per heavy atom. The van der Waals surface area contributed by atoms with Crippen LogP contribution in [0, 0.1) is 5.92 Å². The van der Waals surface area contributed by atoms with Crippen LogP contribution in [0.5, 0.6) is 0 Å². The first-order chi connectivity index (χ1) is 12.0. The smallest absolute Gasteiger partial charge is 0.256 e. The fourth-order valence-corrected chi connectivity index (χ4v) is 2.55. The summed E-state index contributed by atoms with van der Waals surface area (Å²) in [5.41, 5.74) is 2.03. The number of carbonyl (C=O) groups is 2. The Bertz CT molecular complexity index is 909. The molecule has 0 fully saturated rings. The van der Waals surface area contributed by atoms with Gasteiger partial charge in [-0.1, -0.05) is 50.2 Å². The molecule has 126 valence electrons. The molecular weight excluding hydrogens is 312 g/mol. The Morgan fingerprint density at radius 3 is 2.04 bits per heavy atom. The molecule has 3 aromatic carbocycles. The van der Waals surface area contributed by atoms with E-state index in [1.165, 1.54) is 0 Å². The van der Waals surface area contributed by atoms with Crippen molar-refractivity contribution < 1.29 is 9.59 Å². The van der Waals surface area contributed by atoms with Crippen LogP contribution in [0.15, 0.2) is 66.7 Å². The van der Waals surface area contributed by atoms with E-state index in [-0.39, 0.29) is 17.7 Å². The van der Waals surface area contributed by atoms with Gasteiger partial charge in [-0.2, -0.15) is 0 Å². The van der Waals surface area contributed by atoms with Gasteiger partial charge in [-0.05, 0) is 41.1 Å². The maximum Gasteiger partial charge on any atom is 0.256 e. The van der Waals surface area contributed by atoms with Crippen LogP contribution in [0.3, 0.4) is 0 Å². The third-order valence-corrected chi connectivity index (χ3v) is 3.97. The molecular formula is C21H20N2O2. The third kappa shape index (κ3) is 3.86. The van der Waals surface area contributed by atoms with Crippen LogP contribution in [0.1, 0.15) is 24.2 Å². The minimum atomic E-state index is -0.157. The summed E-state index contributed by atoms with van der Waals surface area (Å²) < 4.78 is 0. The van der Waals surface area contributed by atoms with Crippen molar-refractivity contribution in [1.29, 1.82) is 0 Å². The molecule has 3 aromatic rings. The summed E-state index contributed by atoms with van der Waals surface area (Å²) in [6.07, 6.45) is 0. The van der Waals surface area contributed by atoms with Gasteiger partial charge in [-0.15, -0.1) is 0 Å². The van der Waals surface area contributed by atoms with Gasteiger partial charge in [-0.3, -0.25) is 9.59 Å². The Labute approximate surface area is 146 Å². The number of anilines is 2. The minimum Gasteiger partial charge on any atom is -0.326 e. The first-order valence-electron chi connectivity index (χ1n) is 8.24. The van der Waals surface area contributed by atoms with Crippen LogP contribution in [-0.2, 0) is 4.79 Å². The number of hydrogen-bond acceptors (Lipinski definition) is 2. The molecule has 0 spiro atoms. The van der Waals surface area contributed by atoms with Crippen LogP contribution in [0.25, 0.3) is 10.8 Å². The molecule has 2 amide bonds. The van der Waals surface area contributed by atoms with Gasteiger partial charge in [0.1, 0.15) is 0 Å². The second-order valence-corrected chi connectivity index (χ2v) is 6.20. The first kappa shape index (κ1) is 16.7. The van der Waals surface area contributed by atoms with Gasteiger partial charge in [0.15, 0.2) is 0 Å². The topological polar surface area (TPSA) is 58.2 Å². The maximum atomic E-state index is 12.6. The lowest BCUT2D eigenvalue weighted by atomic mass is 10.0. The van der Waals surface area contributed by atoms with Crippen molar-refractivity contribution >= 4 is 34.0 Å². The van der Waals surface area contributed by atoms with Crippen LogP contribution >= 0.6 is 0 Å². The fraction of sp³-hybridized carbons (Fsp3) is 0.143. The Morgan fingerprint density at radius 1 is 0.760 bits per heavy atom. The number of hydrogen-bond donors (Lipinski definition) is 2. The molecule has 25 heavy (non-hydrogen) atoms. The summed E-state index contributed by atoms with van der Waals surface area (Å²) in [6.45, 7) is 3.68. The van der Waals surface area contributed by atoms with E-state index >= 15 is 0 Å². The largest absolute Gasteiger partial charge is 0.326 e. The van der Waals surface area contributed by atoms with Crippen molar-refractivity contribution in [3.8, 4) is 0 Å². The van der Waals surface area contributed by atoms with Gasteiger partial charge in [-0.25, -0.2) is 0 Å². The van der Waals surface area contributed by atoms with Gasteiger partial charge in [0, 0.05) is 22.9 Å². The van der Waals surface area contributed by atoms with Crippen molar-refractivity contribution in [2.24, 2.45) is 5.92 Å². The molecule has 0 heterocycles. The minimum absolute atomic E-state index is 0.0347. The summed E-state index contributed by atoms with van der Waals surface area (Å²) >= 11 is 0. The highest BCUT2D eigenvalue weighted by atomic mass is 16.2. The second kappa shape index (κ2) is 7.18. The molecule has 0 radical (unpaired) electrons. The predicted octanol–water partition coefficient (Wildman–Crippen LogP) is 4.69. The molecule has 4 heteroatoms. The van der Waals surface area contributed by atoms with Crippen molar-refractivity contribution in [2.75, 3.05) is 10.6 Å². The molecule has 2 N–H and O–H groups in total. The van der Waals surface area contributed by atoms with E-state index in [1.807, 2.05) is 56.3 Å². The molecule has 0 atom stereocenters. The standard InChI is InChI=1S/C21H20N2O2/c1-14(2)20(24)22-16-10-12-17(13-11-16)23-21(25)19-9-5-7-15-6-3-4-8-18(15)19/h3-14H,1-2H3,(H,22,24)(H,23,25). The average molecular weight is 332 g/mol. The first-order valence-corrected chi connectivity index (χ1v) is 8.24. The molecule has 0 aliphatic heterocycles. The van der Waals surface area contributed by atoms with Crippen molar-refractivity contribution in [1.82, 2.24) is 0 Å². The van der Waals surface area contributed by atoms with E-state index in [0.717, 1.165) is 10.8 Å². The lowest BCUT2D eigenvalue weighted by Crippen LogP contribution is -2.17. The van der Waals surface area contributed by atoms with E-state index in [2.05, 4.69) is 10.6 Å². The van der Waals surface area contributed by atoms with E-state index in [4.69, 9.17) is 0 Å². The number of benzene rings is 3. The predicted molar refractivity (Wildman–Crippen MR) is 102 cm³/mol. The maximum absolute atomic E-state index is 12.6. The number of carbonyl (C=O) groups excluding carboxylic acids is 2. The summed E-state index contributed by atoms with van der Waals surface area (Å²) in [6, 6.07) is 20.6. The summed E-state index contributed by atoms with van der Waals surface area (Å²) in [7, 11) is 0. The van der Waals surface area contributed by atoms with Crippen LogP contribution < -0.4 is 10.6 Å². The van der Waals surface area contributed by atoms with Gasteiger partial charge < -0.3 is 10.6 Å². The Hall–Kier alpha value is -3.14. The number of amides is 2. The number of fused-ring (bicyclic) bond motifs is 1. The summed E-state index contributed by atoms with van der Waals surface area (Å²) in [5, 5.41) is 7.68. The lowest BCUT2D eigenvalue weighted by Gasteiger charge is -2.10. The molecule has 4 nitrogen and oxygen atoms in total. The molecule has 0 saturated carbocycles. The fourth-order valence-electron chi connectivity index (χ4n) is 2.55. The van der Waals surface area contributed by atoms with Crippen LogP contribution in [0.4, 0.5) is 11.4 Å². The highest BCUT2D eigenvalue weighted by Crippen LogP contribution is 2.20. The second-order valence-electron chi connectivity index (χ2n) is 6.20. The van der Waals surface area contributed by atoms with Gasteiger partial charge in [0.05, 0.1) is 0 Å². The lowest BCUT2D eigenvalue weighted by molar-refractivity contribution is -0.118. The molecule has 0 aliphatic carbocycles. The van der Waals surface area contributed by atoms with Crippen LogP contribution in [0.2, 0.25) is 0 Å². The zero-order valence-corrected chi connectivity index (χ0v) is 14.2. The van der Waals surface area contributed by atoms with E-state index < -0.39 is 0 Å². The highest BCUT2D eigenvalue weighted by molar-refractivity contribution is 6.13. The quantitative estimate of drug-likeness (QED) is 0.728. The van der Waals surface area contributed by atoms with Gasteiger partial charge in [0.2, 0.25) is 5.91 Å². The average Bonchev–Trinajstić information content (AvgIpc) is 2.62. The summed E-state index contributed by atoms with van der Waals surface area (Å²) in [5.74, 6) is -0.269. The molecule has 0 unspecified atom stereocenters. The molecule has 0 aliphatic rings. The van der Waals surface area contributed by atoms with E-state index in [9.17, 15) is 9.59 Å². The Balaban J connectivity index is 1.75. The SMILES string of the molecule is CC(C)C(=O)Nc1ccc(NC(=O)c2cccc3ccccc23)cc1. The molecule has 3 rings (SSSR count). The zero-order valence-electron chi connectivity index (χ0n) is 14.2. The number of rotatable bonds is 4. The third-order valence-electron chi connectivity index (χ3n) is 3.97. The number of nitrogens with one attached hydrogen (secondary N) is 2. The normalized spacial score (nSPS) is 10.7. The highest BCUT2D eigenvalue weighted by Gasteiger charge is 2.10. The van der Waals surface area contributed by atoms with Crippen molar-refractivity contribution in [2.45, 2.75) is 13.8 Å². The summed E-state index contributed by atoms with van der Waals surface area (Å²) in [4.78, 5) is 24.3. The molecule has 0 bridgehead atoms. The van der Waals surface area contributed by atoms with Crippen molar-refractivity contribution in [3.05, 3.63) is 72.3 Å². The van der Waals surface area contributed by atoms with Crippen LogP contribution in [-0.4, -0.2) is 11.8 Å².